The Kier molecular flexibility index (Phi) is 7.12. The molecule has 1 unspecified atom stereocenters. The van der Waals surface area contributed by atoms with E-state index in [9.17, 15) is 0 Å². The second-order valence-electron chi connectivity index (χ2n) is 5.41. The summed E-state index contributed by atoms with van der Waals surface area (Å²) in [7, 11) is 0. The van der Waals surface area contributed by atoms with Crippen LogP contribution in [0.5, 0.6) is 0 Å². The zero-order chi connectivity index (χ0) is 14.3. The number of hydrogen-bond acceptors (Lipinski definition) is 5. The molecule has 0 saturated carbocycles. The van der Waals surface area contributed by atoms with Gasteiger partial charge in [0.25, 0.3) is 0 Å². The lowest BCUT2D eigenvalue weighted by Gasteiger charge is -2.37. The van der Waals surface area contributed by atoms with Crippen molar-refractivity contribution in [2.24, 2.45) is 10.9 Å². The van der Waals surface area contributed by atoms with Gasteiger partial charge in [0.1, 0.15) is 0 Å². The first-order valence-electron chi connectivity index (χ1n) is 7.11. The highest BCUT2D eigenvalue weighted by molar-refractivity contribution is 5.81. The predicted octanol–water partition coefficient (Wildman–Crippen LogP) is 0.554. The Morgan fingerprint density at radius 1 is 1.58 bits per heavy atom. The summed E-state index contributed by atoms with van der Waals surface area (Å²) < 4.78 is 5.82. The molecule has 1 aliphatic heterocycles. The lowest BCUT2D eigenvalue weighted by molar-refractivity contribution is -0.0506. The fourth-order valence-electron chi connectivity index (χ4n) is 2.42. The third-order valence-electron chi connectivity index (χ3n) is 3.42. The van der Waals surface area contributed by atoms with E-state index in [-0.39, 0.29) is 11.9 Å². The molecule has 0 radical (unpaired) electrons. The lowest BCUT2D eigenvalue weighted by atomic mass is 10.2. The van der Waals surface area contributed by atoms with Crippen molar-refractivity contribution in [3.05, 3.63) is 0 Å². The number of nitrogens with two attached hydrogens (primary N) is 1. The molecule has 6 nitrogen and oxygen atoms in total. The summed E-state index contributed by atoms with van der Waals surface area (Å²) >= 11 is 0. The molecule has 0 aromatic carbocycles. The van der Waals surface area contributed by atoms with Crippen molar-refractivity contribution in [2.45, 2.75) is 39.3 Å². The third-order valence-corrected chi connectivity index (χ3v) is 3.42. The number of morpholine rings is 1. The zero-order valence-electron chi connectivity index (χ0n) is 12.4. The summed E-state index contributed by atoms with van der Waals surface area (Å²) in [5.74, 6) is 0.255. The van der Waals surface area contributed by atoms with Crippen molar-refractivity contribution >= 4 is 5.84 Å². The minimum Gasteiger partial charge on any atom is -0.409 e. The van der Waals surface area contributed by atoms with Crippen LogP contribution in [0.2, 0.25) is 0 Å². The summed E-state index contributed by atoms with van der Waals surface area (Å²) in [6.07, 6.45) is 1.24. The molecule has 0 aromatic rings. The van der Waals surface area contributed by atoms with Gasteiger partial charge in [-0.25, -0.2) is 0 Å². The molecule has 0 aromatic heterocycles. The Morgan fingerprint density at radius 3 is 2.89 bits per heavy atom. The summed E-state index contributed by atoms with van der Waals surface area (Å²) in [6.45, 7) is 11.5. The van der Waals surface area contributed by atoms with E-state index in [0.717, 1.165) is 39.2 Å². The van der Waals surface area contributed by atoms with Crippen LogP contribution in [0.3, 0.4) is 0 Å². The van der Waals surface area contributed by atoms with Crippen LogP contribution in [-0.2, 0) is 4.74 Å². The maximum atomic E-state index is 8.67. The number of hydrogen-bond donors (Lipinski definition) is 2. The van der Waals surface area contributed by atoms with Gasteiger partial charge in [-0.05, 0) is 26.8 Å². The molecular weight excluding hydrogens is 244 g/mol. The molecule has 0 bridgehead atoms. The van der Waals surface area contributed by atoms with Crippen LogP contribution < -0.4 is 5.73 Å². The molecule has 0 aliphatic carbocycles. The molecule has 1 aliphatic rings. The molecular formula is C13H28N4O2. The first-order valence-corrected chi connectivity index (χ1v) is 7.11. The Morgan fingerprint density at radius 2 is 2.32 bits per heavy atom. The van der Waals surface area contributed by atoms with Crippen molar-refractivity contribution in [3.8, 4) is 0 Å². The van der Waals surface area contributed by atoms with Gasteiger partial charge in [0.05, 0.1) is 19.3 Å². The lowest BCUT2D eigenvalue weighted by Crippen LogP contribution is -2.50. The van der Waals surface area contributed by atoms with Crippen LogP contribution >= 0.6 is 0 Å². The molecule has 112 valence electrons. The maximum absolute atomic E-state index is 8.67. The van der Waals surface area contributed by atoms with Crippen molar-refractivity contribution in [2.75, 3.05) is 39.3 Å². The van der Waals surface area contributed by atoms with E-state index in [2.05, 4.69) is 35.7 Å². The van der Waals surface area contributed by atoms with E-state index >= 15 is 0 Å². The number of ether oxygens (including phenoxy) is 1. The molecule has 3 N–H and O–H groups in total. The van der Waals surface area contributed by atoms with Gasteiger partial charge in [-0.1, -0.05) is 12.1 Å². The Bertz CT molecular complexity index is 284. The van der Waals surface area contributed by atoms with Crippen molar-refractivity contribution in [1.29, 1.82) is 0 Å². The quantitative estimate of drug-likeness (QED) is 0.306. The standard InChI is InChI=1S/C13H28N4O2/c1-4-5-16(10-13(14)15-18)8-12-9-17(11(2)3)6-7-19-12/h11-12,18H,4-10H2,1-3H3,(H2,14,15). The van der Waals surface area contributed by atoms with Gasteiger partial charge >= 0.3 is 0 Å². The minimum absolute atomic E-state index is 0.203. The summed E-state index contributed by atoms with van der Waals surface area (Å²) in [6, 6.07) is 0.551. The van der Waals surface area contributed by atoms with Crippen LogP contribution in [0, 0.1) is 0 Å². The van der Waals surface area contributed by atoms with Gasteiger partial charge in [-0.2, -0.15) is 0 Å². The second kappa shape index (κ2) is 8.35. The van der Waals surface area contributed by atoms with Crippen molar-refractivity contribution in [3.63, 3.8) is 0 Å². The number of oxime groups is 1. The van der Waals surface area contributed by atoms with Crippen LogP contribution in [0.15, 0.2) is 5.16 Å². The summed E-state index contributed by atoms with van der Waals surface area (Å²) in [4.78, 5) is 4.62. The topological polar surface area (TPSA) is 74.3 Å². The Hall–Kier alpha value is -0.850. The van der Waals surface area contributed by atoms with Gasteiger partial charge in [0, 0.05) is 25.7 Å². The van der Waals surface area contributed by atoms with Gasteiger partial charge < -0.3 is 15.7 Å². The summed E-state index contributed by atoms with van der Waals surface area (Å²) in [5.41, 5.74) is 5.59. The van der Waals surface area contributed by atoms with Crippen LogP contribution in [-0.4, -0.2) is 72.3 Å². The molecule has 0 amide bonds. The first-order chi connectivity index (χ1) is 9.06. The summed E-state index contributed by atoms with van der Waals surface area (Å²) in [5, 5.41) is 11.7. The SMILES string of the molecule is CCCN(CC(N)=NO)CC1CN(C(C)C)CCO1. The van der Waals surface area contributed by atoms with Gasteiger partial charge in [0.2, 0.25) is 0 Å². The fourth-order valence-corrected chi connectivity index (χ4v) is 2.42. The largest absolute Gasteiger partial charge is 0.409 e. The highest BCUT2D eigenvalue weighted by Gasteiger charge is 2.24. The highest BCUT2D eigenvalue weighted by Crippen LogP contribution is 2.10. The molecule has 1 atom stereocenters. The first kappa shape index (κ1) is 16.2. The molecule has 1 fully saturated rings. The Labute approximate surface area is 116 Å². The maximum Gasteiger partial charge on any atom is 0.153 e. The molecule has 19 heavy (non-hydrogen) atoms. The third kappa shape index (κ3) is 5.76. The van der Waals surface area contributed by atoms with E-state index in [1.54, 1.807) is 0 Å². The van der Waals surface area contributed by atoms with Gasteiger partial charge in [-0.15, -0.1) is 0 Å². The second-order valence-corrected chi connectivity index (χ2v) is 5.41. The number of nitrogens with zero attached hydrogens (tertiary/aromatic N) is 3. The Balaban J connectivity index is 2.48. The van der Waals surface area contributed by atoms with E-state index in [0.29, 0.717) is 12.6 Å². The monoisotopic (exact) mass is 272 g/mol. The molecule has 1 rings (SSSR count). The molecule has 0 spiro atoms. The van der Waals surface area contributed by atoms with E-state index in [1.807, 2.05) is 0 Å². The van der Waals surface area contributed by atoms with Crippen molar-refractivity contribution < 1.29 is 9.94 Å². The number of amidine groups is 1. The normalized spacial score (nSPS) is 22.4. The minimum atomic E-state index is 0.203. The average Bonchev–Trinajstić information content (AvgIpc) is 2.39. The average molecular weight is 272 g/mol. The van der Waals surface area contributed by atoms with Crippen molar-refractivity contribution in [1.82, 2.24) is 9.80 Å². The number of rotatable bonds is 7. The van der Waals surface area contributed by atoms with Crippen LogP contribution in [0.1, 0.15) is 27.2 Å². The van der Waals surface area contributed by atoms with E-state index in [1.165, 1.54) is 0 Å². The molecule has 1 saturated heterocycles. The smallest absolute Gasteiger partial charge is 0.153 e. The fraction of sp³-hybridized carbons (Fsp3) is 0.923. The van der Waals surface area contributed by atoms with Gasteiger partial charge in [-0.3, -0.25) is 9.80 Å². The molecule has 1 heterocycles. The van der Waals surface area contributed by atoms with Crippen LogP contribution in [0.25, 0.3) is 0 Å². The van der Waals surface area contributed by atoms with Gasteiger partial charge in [0.15, 0.2) is 5.84 Å². The van der Waals surface area contributed by atoms with E-state index < -0.39 is 0 Å². The van der Waals surface area contributed by atoms with Crippen LogP contribution in [0.4, 0.5) is 0 Å². The molecule has 6 heteroatoms. The van der Waals surface area contributed by atoms with E-state index in [4.69, 9.17) is 15.7 Å². The highest BCUT2D eigenvalue weighted by atomic mass is 16.5. The zero-order valence-corrected chi connectivity index (χ0v) is 12.4. The predicted molar refractivity (Wildman–Crippen MR) is 76.6 cm³/mol.